The van der Waals surface area contributed by atoms with Crippen molar-refractivity contribution in [3.05, 3.63) is 23.2 Å². The van der Waals surface area contributed by atoms with Crippen LogP contribution >= 0.6 is 11.6 Å². The summed E-state index contributed by atoms with van der Waals surface area (Å²) in [5.74, 6) is 0. The number of nitriles is 1. The Balaban J connectivity index is 1.94. The van der Waals surface area contributed by atoms with Crippen LogP contribution in [0.15, 0.2) is 12.4 Å². The van der Waals surface area contributed by atoms with Gasteiger partial charge in [-0.05, 0) is 12.8 Å². The molecule has 0 saturated heterocycles. The molecule has 1 aliphatic rings. The third-order valence-electron chi connectivity index (χ3n) is 2.61. The van der Waals surface area contributed by atoms with E-state index in [4.69, 9.17) is 16.9 Å². The van der Waals surface area contributed by atoms with Crippen LogP contribution in [-0.2, 0) is 6.54 Å². The maximum atomic E-state index is 8.60. The number of aromatic nitrogens is 2. The van der Waals surface area contributed by atoms with Crippen molar-refractivity contribution in [1.29, 1.82) is 5.26 Å². The molecule has 16 heavy (non-hydrogen) atoms. The van der Waals surface area contributed by atoms with E-state index in [1.807, 2.05) is 0 Å². The molecule has 84 valence electrons. The highest BCUT2D eigenvalue weighted by molar-refractivity contribution is 6.29. The number of nitrogens with zero attached hydrogens (tertiary/aromatic N) is 4. The van der Waals surface area contributed by atoms with E-state index in [-0.39, 0.29) is 0 Å². The zero-order valence-electron chi connectivity index (χ0n) is 8.93. The van der Waals surface area contributed by atoms with Crippen molar-refractivity contribution in [3.8, 4) is 6.07 Å². The van der Waals surface area contributed by atoms with Crippen molar-refractivity contribution in [2.75, 3.05) is 6.54 Å². The second kappa shape index (κ2) is 5.24. The van der Waals surface area contributed by atoms with Gasteiger partial charge in [0.05, 0.1) is 24.2 Å². The average Bonchev–Trinajstić information content (AvgIpc) is 3.11. The monoisotopic (exact) mass is 236 g/mol. The molecule has 1 heterocycles. The highest BCUT2D eigenvalue weighted by Crippen LogP contribution is 2.27. The van der Waals surface area contributed by atoms with Gasteiger partial charge in [-0.25, -0.2) is 4.98 Å². The fraction of sp³-hybridized carbons (Fsp3) is 0.545. The maximum Gasteiger partial charge on any atom is 0.147 e. The minimum absolute atomic E-state index is 0.416. The van der Waals surface area contributed by atoms with Crippen LogP contribution in [0.5, 0.6) is 0 Å². The van der Waals surface area contributed by atoms with E-state index in [9.17, 15) is 0 Å². The normalized spacial score (nSPS) is 15.1. The third kappa shape index (κ3) is 3.16. The summed E-state index contributed by atoms with van der Waals surface area (Å²) in [5.41, 5.74) is 0.911. The van der Waals surface area contributed by atoms with E-state index in [0.29, 0.717) is 17.6 Å². The summed E-state index contributed by atoms with van der Waals surface area (Å²) in [6.45, 7) is 1.57. The van der Waals surface area contributed by atoms with Crippen LogP contribution in [0, 0.1) is 11.3 Å². The predicted molar refractivity (Wildman–Crippen MR) is 60.7 cm³/mol. The van der Waals surface area contributed by atoms with E-state index >= 15 is 0 Å². The Hall–Kier alpha value is -1.18. The van der Waals surface area contributed by atoms with Gasteiger partial charge in [-0.2, -0.15) is 5.26 Å². The van der Waals surface area contributed by atoms with E-state index < -0.39 is 0 Å². The Morgan fingerprint density at radius 3 is 2.81 bits per heavy atom. The topological polar surface area (TPSA) is 52.8 Å². The van der Waals surface area contributed by atoms with Crippen LogP contribution in [-0.4, -0.2) is 27.5 Å². The van der Waals surface area contributed by atoms with Gasteiger partial charge in [0.25, 0.3) is 0 Å². The minimum Gasteiger partial charge on any atom is -0.293 e. The number of hydrogen-bond donors (Lipinski definition) is 0. The summed E-state index contributed by atoms with van der Waals surface area (Å²) in [5, 5.41) is 9.01. The fourth-order valence-electron chi connectivity index (χ4n) is 1.65. The van der Waals surface area contributed by atoms with Gasteiger partial charge in [-0.1, -0.05) is 11.6 Å². The first-order chi connectivity index (χ1) is 7.79. The van der Waals surface area contributed by atoms with Crippen LogP contribution in [0.2, 0.25) is 5.15 Å². The summed E-state index contributed by atoms with van der Waals surface area (Å²) in [7, 11) is 0. The zero-order valence-corrected chi connectivity index (χ0v) is 9.69. The van der Waals surface area contributed by atoms with Crippen LogP contribution in [0.3, 0.4) is 0 Å². The molecule has 1 aromatic heterocycles. The van der Waals surface area contributed by atoms with E-state index in [1.165, 1.54) is 12.8 Å². The largest absolute Gasteiger partial charge is 0.293 e. The van der Waals surface area contributed by atoms with Crippen LogP contribution < -0.4 is 0 Å². The van der Waals surface area contributed by atoms with Gasteiger partial charge in [0.2, 0.25) is 0 Å². The molecule has 1 fully saturated rings. The maximum absolute atomic E-state index is 8.60. The molecule has 1 aromatic rings. The molecule has 0 atom stereocenters. The first-order valence-corrected chi connectivity index (χ1v) is 5.75. The molecular weight excluding hydrogens is 224 g/mol. The molecule has 0 amide bonds. The molecule has 0 radical (unpaired) electrons. The Labute approximate surface area is 99.9 Å². The SMILES string of the molecule is N#CCCN(Cc1cnc(Cl)cn1)C1CC1. The molecule has 0 aromatic carbocycles. The van der Waals surface area contributed by atoms with E-state index in [1.54, 1.807) is 12.4 Å². The lowest BCUT2D eigenvalue weighted by Crippen LogP contribution is -2.27. The van der Waals surface area contributed by atoms with E-state index in [0.717, 1.165) is 18.8 Å². The molecule has 1 saturated carbocycles. The lowest BCUT2D eigenvalue weighted by Gasteiger charge is -2.19. The molecule has 0 bridgehead atoms. The Kier molecular flexibility index (Phi) is 3.70. The Morgan fingerprint density at radius 2 is 2.25 bits per heavy atom. The third-order valence-corrected chi connectivity index (χ3v) is 2.81. The lowest BCUT2D eigenvalue weighted by molar-refractivity contribution is 0.257. The standard InChI is InChI=1S/C11H13ClN4/c12-11-7-14-9(6-15-11)8-16(5-1-4-13)10-2-3-10/h6-7,10H,1-3,5,8H2. The molecule has 0 aliphatic heterocycles. The lowest BCUT2D eigenvalue weighted by atomic mass is 10.3. The van der Waals surface area contributed by atoms with Crippen molar-refractivity contribution >= 4 is 11.6 Å². The quantitative estimate of drug-likeness (QED) is 0.785. The number of hydrogen-bond acceptors (Lipinski definition) is 4. The zero-order chi connectivity index (χ0) is 11.4. The summed E-state index contributed by atoms with van der Waals surface area (Å²) in [6, 6.07) is 2.81. The van der Waals surface area contributed by atoms with Crippen LogP contribution in [0.4, 0.5) is 0 Å². The number of rotatable bonds is 5. The molecule has 0 unspecified atom stereocenters. The van der Waals surface area contributed by atoms with Gasteiger partial charge in [0.15, 0.2) is 0 Å². The van der Waals surface area contributed by atoms with Crippen molar-refractivity contribution in [1.82, 2.24) is 14.9 Å². The first-order valence-electron chi connectivity index (χ1n) is 5.37. The molecular formula is C11H13ClN4. The van der Waals surface area contributed by atoms with Crippen molar-refractivity contribution in [2.45, 2.75) is 31.8 Å². The first kappa shape index (κ1) is 11.3. The van der Waals surface area contributed by atoms with Crippen molar-refractivity contribution in [2.24, 2.45) is 0 Å². The Morgan fingerprint density at radius 1 is 1.44 bits per heavy atom. The van der Waals surface area contributed by atoms with Crippen molar-refractivity contribution < 1.29 is 0 Å². The van der Waals surface area contributed by atoms with Gasteiger partial charge >= 0.3 is 0 Å². The summed E-state index contributed by atoms with van der Waals surface area (Å²) in [6.07, 6.45) is 6.28. The molecule has 0 spiro atoms. The highest BCUT2D eigenvalue weighted by atomic mass is 35.5. The highest BCUT2D eigenvalue weighted by Gasteiger charge is 2.28. The summed E-state index contributed by atoms with van der Waals surface area (Å²) in [4.78, 5) is 10.5. The second-order valence-electron chi connectivity index (χ2n) is 3.94. The van der Waals surface area contributed by atoms with Crippen LogP contribution in [0.1, 0.15) is 25.0 Å². The van der Waals surface area contributed by atoms with Gasteiger partial charge < -0.3 is 0 Å². The van der Waals surface area contributed by atoms with Gasteiger partial charge in [-0.15, -0.1) is 0 Å². The van der Waals surface area contributed by atoms with Gasteiger partial charge in [-0.3, -0.25) is 9.88 Å². The number of halogens is 1. The molecule has 5 heteroatoms. The van der Waals surface area contributed by atoms with Crippen molar-refractivity contribution in [3.63, 3.8) is 0 Å². The summed E-state index contributed by atoms with van der Waals surface area (Å²) < 4.78 is 0. The molecule has 1 aliphatic carbocycles. The molecule has 2 rings (SSSR count). The van der Waals surface area contributed by atoms with E-state index in [2.05, 4.69) is 20.9 Å². The molecule has 0 N–H and O–H groups in total. The predicted octanol–water partition coefficient (Wildman–Crippen LogP) is 2.01. The second-order valence-corrected chi connectivity index (χ2v) is 4.33. The average molecular weight is 237 g/mol. The smallest absolute Gasteiger partial charge is 0.147 e. The molecule has 4 nitrogen and oxygen atoms in total. The fourth-order valence-corrected chi connectivity index (χ4v) is 1.75. The van der Waals surface area contributed by atoms with Gasteiger partial charge in [0.1, 0.15) is 5.15 Å². The van der Waals surface area contributed by atoms with Crippen LogP contribution in [0.25, 0.3) is 0 Å². The summed E-state index contributed by atoms with van der Waals surface area (Å²) >= 11 is 5.68. The van der Waals surface area contributed by atoms with Gasteiger partial charge in [0, 0.05) is 25.6 Å². The Bertz CT molecular complexity index is 380. The minimum atomic E-state index is 0.416.